The van der Waals surface area contributed by atoms with E-state index in [0.29, 0.717) is 10.7 Å². The van der Waals surface area contributed by atoms with Crippen molar-refractivity contribution in [3.05, 3.63) is 36.5 Å². The summed E-state index contributed by atoms with van der Waals surface area (Å²) < 4.78 is 0. The van der Waals surface area contributed by atoms with Crippen molar-refractivity contribution in [1.82, 2.24) is 9.88 Å². The van der Waals surface area contributed by atoms with Crippen LogP contribution in [0.1, 0.15) is 6.42 Å². The molecule has 0 aromatic carbocycles. The Hall–Kier alpha value is -1.60. The van der Waals surface area contributed by atoms with E-state index in [1.54, 1.807) is 6.20 Å². The van der Waals surface area contributed by atoms with Gasteiger partial charge in [-0.15, -0.1) is 0 Å². The zero-order valence-corrected chi connectivity index (χ0v) is 11.4. The Labute approximate surface area is 117 Å². The molecule has 0 fully saturated rings. The lowest BCUT2D eigenvalue weighted by atomic mass is 10.4. The topological polar surface area (TPSA) is 67.3 Å². The van der Waals surface area contributed by atoms with Crippen molar-refractivity contribution in [2.75, 3.05) is 5.75 Å². The van der Waals surface area contributed by atoms with Gasteiger partial charge in [-0.05, 0) is 22.9 Å². The molecule has 2 heterocycles. The molecule has 0 N–H and O–H groups in total. The number of hydrogen-bond donors (Lipinski definition) is 0. The standard InChI is InChI=1S/C12H10N2O3S2/c15-10-4-5-11(16)14(10)12(17)6-8-18-19-9-3-1-2-7-13-9/h1-5,7H,6,8H2. The van der Waals surface area contributed by atoms with Crippen molar-refractivity contribution in [2.45, 2.75) is 11.4 Å². The Balaban J connectivity index is 1.73. The molecule has 0 unspecified atom stereocenters. The highest BCUT2D eigenvalue weighted by Gasteiger charge is 2.29. The molecule has 0 saturated carbocycles. The van der Waals surface area contributed by atoms with Gasteiger partial charge in [0.25, 0.3) is 11.8 Å². The van der Waals surface area contributed by atoms with Crippen LogP contribution in [0.15, 0.2) is 41.6 Å². The van der Waals surface area contributed by atoms with Crippen LogP contribution in [-0.4, -0.2) is 33.4 Å². The molecule has 1 aliphatic rings. The fourth-order valence-electron chi connectivity index (χ4n) is 1.39. The number of aromatic nitrogens is 1. The fraction of sp³-hybridized carbons (Fsp3) is 0.167. The third kappa shape index (κ3) is 3.68. The first-order chi connectivity index (χ1) is 9.18. The molecule has 1 aliphatic heterocycles. The van der Waals surface area contributed by atoms with Gasteiger partial charge < -0.3 is 0 Å². The zero-order chi connectivity index (χ0) is 13.7. The van der Waals surface area contributed by atoms with Crippen LogP contribution in [0.3, 0.4) is 0 Å². The normalized spacial score (nSPS) is 14.2. The largest absolute Gasteiger partial charge is 0.274 e. The van der Waals surface area contributed by atoms with Crippen LogP contribution in [0.2, 0.25) is 0 Å². The summed E-state index contributed by atoms with van der Waals surface area (Å²) in [5.74, 6) is -1.07. The van der Waals surface area contributed by atoms with Gasteiger partial charge in [0.2, 0.25) is 5.91 Å². The van der Waals surface area contributed by atoms with Crippen LogP contribution in [0.5, 0.6) is 0 Å². The maximum Gasteiger partial charge on any atom is 0.260 e. The van der Waals surface area contributed by atoms with Gasteiger partial charge in [-0.2, -0.15) is 0 Å². The monoisotopic (exact) mass is 294 g/mol. The summed E-state index contributed by atoms with van der Waals surface area (Å²) in [4.78, 5) is 39.0. The summed E-state index contributed by atoms with van der Waals surface area (Å²) in [7, 11) is 2.92. The molecule has 0 bridgehead atoms. The van der Waals surface area contributed by atoms with Crippen LogP contribution < -0.4 is 0 Å². The molecule has 0 spiro atoms. The molecule has 98 valence electrons. The van der Waals surface area contributed by atoms with Gasteiger partial charge in [-0.1, -0.05) is 16.9 Å². The molecular weight excluding hydrogens is 284 g/mol. The van der Waals surface area contributed by atoms with Crippen molar-refractivity contribution in [3.63, 3.8) is 0 Å². The van der Waals surface area contributed by atoms with E-state index in [0.717, 1.165) is 17.2 Å². The molecule has 0 aliphatic carbocycles. The average molecular weight is 294 g/mol. The quantitative estimate of drug-likeness (QED) is 0.467. The highest BCUT2D eigenvalue weighted by molar-refractivity contribution is 8.76. The van der Waals surface area contributed by atoms with E-state index in [-0.39, 0.29) is 6.42 Å². The van der Waals surface area contributed by atoms with Crippen molar-refractivity contribution in [3.8, 4) is 0 Å². The second-order valence-electron chi connectivity index (χ2n) is 3.56. The van der Waals surface area contributed by atoms with Crippen LogP contribution in [0, 0.1) is 0 Å². The number of amides is 3. The fourth-order valence-corrected chi connectivity index (χ4v) is 3.24. The number of carbonyl (C=O) groups is 3. The molecule has 7 heteroatoms. The lowest BCUT2D eigenvalue weighted by Crippen LogP contribution is -2.36. The number of rotatable bonds is 5. The molecule has 0 atom stereocenters. The lowest BCUT2D eigenvalue weighted by molar-refractivity contribution is -0.148. The van der Waals surface area contributed by atoms with E-state index in [1.807, 2.05) is 18.2 Å². The zero-order valence-electron chi connectivity index (χ0n) is 9.81. The first kappa shape index (κ1) is 13.8. The Morgan fingerprint density at radius 1 is 1.21 bits per heavy atom. The number of imide groups is 3. The minimum absolute atomic E-state index is 0.143. The van der Waals surface area contributed by atoms with Gasteiger partial charge in [-0.25, -0.2) is 9.88 Å². The van der Waals surface area contributed by atoms with Crippen LogP contribution >= 0.6 is 21.6 Å². The molecule has 0 saturated heterocycles. The van der Waals surface area contributed by atoms with E-state index in [2.05, 4.69) is 4.98 Å². The van der Waals surface area contributed by atoms with Gasteiger partial charge in [0.15, 0.2) is 0 Å². The summed E-state index contributed by atoms with van der Waals surface area (Å²) in [6.45, 7) is 0. The lowest BCUT2D eigenvalue weighted by Gasteiger charge is -2.10. The Morgan fingerprint density at radius 2 is 1.95 bits per heavy atom. The SMILES string of the molecule is O=C1C=CC(=O)N1C(=O)CCSSc1ccccn1. The first-order valence-corrected chi connectivity index (χ1v) is 7.80. The predicted molar refractivity (Wildman–Crippen MR) is 73.2 cm³/mol. The summed E-state index contributed by atoms with van der Waals surface area (Å²) in [6.07, 6.45) is 4.05. The average Bonchev–Trinajstić information content (AvgIpc) is 2.75. The molecule has 2 rings (SSSR count). The van der Waals surface area contributed by atoms with E-state index >= 15 is 0 Å². The van der Waals surface area contributed by atoms with Gasteiger partial charge in [0.05, 0.1) is 0 Å². The van der Waals surface area contributed by atoms with Crippen LogP contribution in [-0.2, 0) is 14.4 Å². The van der Waals surface area contributed by atoms with Gasteiger partial charge >= 0.3 is 0 Å². The molecule has 5 nitrogen and oxygen atoms in total. The molecular formula is C12H10N2O3S2. The Morgan fingerprint density at radius 3 is 2.58 bits per heavy atom. The minimum Gasteiger partial charge on any atom is -0.274 e. The minimum atomic E-state index is -0.558. The third-order valence-electron chi connectivity index (χ3n) is 2.24. The van der Waals surface area contributed by atoms with E-state index < -0.39 is 17.7 Å². The maximum absolute atomic E-state index is 11.7. The highest BCUT2D eigenvalue weighted by Crippen LogP contribution is 2.29. The maximum atomic E-state index is 11.7. The summed E-state index contributed by atoms with van der Waals surface area (Å²) >= 11 is 0. The third-order valence-corrected chi connectivity index (χ3v) is 4.51. The van der Waals surface area contributed by atoms with Gasteiger partial charge in [0, 0.05) is 30.5 Å². The number of hydrogen-bond acceptors (Lipinski definition) is 6. The molecule has 1 aromatic heterocycles. The van der Waals surface area contributed by atoms with Crippen LogP contribution in [0.4, 0.5) is 0 Å². The summed E-state index contributed by atoms with van der Waals surface area (Å²) in [5, 5.41) is 0.856. The first-order valence-electron chi connectivity index (χ1n) is 5.48. The van der Waals surface area contributed by atoms with Crippen molar-refractivity contribution in [2.24, 2.45) is 0 Å². The summed E-state index contributed by atoms with van der Waals surface area (Å²) in [5.41, 5.74) is 0. The van der Waals surface area contributed by atoms with Gasteiger partial charge in [-0.3, -0.25) is 14.4 Å². The molecule has 19 heavy (non-hydrogen) atoms. The highest BCUT2D eigenvalue weighted by atomic mass is 33.1. The van der Waals surface area contributed by atoms with E-state index in [9.17, 15) is 14.4 Å². The second kappa shape index (κ2) is 6.53. The van der Waals surface area contributed by atoms with Crippen molar-refractivity contribution < 1.29 is 14.4 Å². The number of pyridine rings is 1. The van der Waals surface area contributed by atoms with Crippen molar-refractivity contribution >= 4 is 39.3 Å². The summed E-state index contributed by atoms with van der Waals surface area (Å²) in [6, 6.07) is 5.58. The smallest absolute Gasteiger partial charge is 0.260 e. The van der Waals surface area contributed by atoms with Crippen molar-refractivity contribution in [1.29, 1.82) is 0 Å². The predicted octanol–water partition coefficient (Wildman–Crippen LogP) is 1.66. The molecule has 3 amide bonds. The number of carbonyl (C=O) groups excluding carboxylic acids is 3. The Bertz CT molecular complexity index is 513. The van der Waals surface area contributed by atoms with Crippen LogP contribution in [0.25, 0.3) is 0 Å². The van der Waals surface area contributed by atoms with E-state index in [4.69, 9.17) is 0 Å². The molecule has 1 aromatic rings. The van der Waals surface area contributed by atoms with E-state index in [1.165, 1.54) is 21.6 Å². The molecule has 0 radical (unpaired) electrons. The Kier molecular flexibility index (Phi) is 4.75. The number of nitrogens with zero attached hydrogens (tertiary/aromatic N) is 2. The second-order valence-corrected chi connectivity index (χ2v) is 6.00. The van der Waals surface area contributed by atoms with Gasteiger partial charge in [0.1, 0.15) is 5.03 Å².